The van der Waals surface area contributed by atoms with Gasteiger partial charge in [-0.15, -0.1) is 0 Å². The van der Waals surface area contributed by atoms with Crippen molar-refractivity contribution in [2.75, 3.05) is 19.8 Å². The number of aliphatic hydroxyl groups excluding tert-OH is 2. The Morgan fingerprint density at radius 3 is 2.22 bits per heavy atom. The predicted molar refractivity (Wildman–Crippen MR) is 88.2 cm³/mol. The smallest absolute Gasteiger partial charge is 0.251 e. The van der Waals surface area contributed by atoms with Gasteiger partial charge in [0.05, 0.1) is 19.2 Å². The monoisotopic (exact) mass is 322 g/mol. The Balaban J connectivity index is 2.52. The maximum absolute atomic E-state index is 12.0. The predicted octanol–water partition coefficient (Wildman–Crippen LogP) is 0.573. The Morgan fingerprint density at radius 1 is 1.13 bits per heavy atom. The topological polar surface area (TPSA) is 98.7 Å². The van der Waals surface area contributed by atoms with Gasteiger partial charge >= 0.3 is 0 Å². The van der Waals surface area contributed by atoms with Crippen LogP contribution in [-0.2, 0) is 10.2 Å². The zero-order valence-electron chi connectivity index (χ0n) is 13.9. The van der Waals surface area contributed by atoms with E-state index in [1.54, 1.807) is 12.1 Å². The molecule has 0 heterocycles. The van der Waals surface area contributed by atoms with E-state index in [1.807, 2.05) is 12.1 Å². The van der Waals surface area contributed by atoms with Crippen LogP contribution in [0.3, 0.4) is 0 Å². The van der Waals surface area contributed by atoms with Crippen molar-refractivity contribution in [2.45, 2.75) is 38.6 Å². The molecule has 6 nitrogen and oxygen atoms in total. The van der Waals surface area contributed by atoms with E-state index in [2.05, 4.69) is 31.4 Å². The van der Waals surface area contributed by atoms with Gasteiger partial charge < -0.3 is 20.8 Å². The molecule has 128 valence electrons. The lowest BCUT2D eigenvalue weighted by Crippen LogP contribution is -2.43. The Bertz CT molecular complexity index is 520. The number of rotatable bonds is 7. The molecule has 0 bridgehead atoms. The fourth-order valence-electron chi connectivity index (χ4n) is 2.03. The molecule has 1 rings (SSSR count). The molecule has 6 heteroatoms. The second kappa shape index (κ2) is 8.64. The minimum absolute atomic E-state index is 0.0148. The molecular formula is C17H26N2O4. The van der Waals surface area contributed by atoms with Gasteiger partial charge in [-0.1, -0.05) is 32.9 Å². The molecule has 0 unspecified atom stereocenters. The van der Waals surface area contributed by atoms with Gasteiger partial charge in [0.25, 0.3) is 5.91 Å². The van der Waals surface area contributed by atoms with E-state index >= 15 is 0 Å². The van der Waals surface area contributed by atoms with Crippen molar-refractivity contribution in [3.05, 3.63) is 35.4 Å². The third-order valence-electron chi connectivity index (χ3n) is 3.49. The third-order valence-corrected chi connectivity index (χ3v) is 3.49. The summed E-state index contributed by atoms with van der Waals surface area (Å²) in [5.74, 6) is -0.736. The van der Waals surface area contributed by atoms with Crippen LogP contribution < -0.4 is 10.6 Å². The Morgan fingerprint density at radius 2 is 1.74 bits per heavy atom. The van der Waals surface area contributed by atoms with E-state index in [0.717, 1.165) is 5.56 Å². The van der Waals surface area contributed by atoms with Crippen molar-refractivity contribution in [1.29, 1.82) is 0 Å². The van der Waals surface area contributed by atoms with Gasteiger partial charge in [0.1, 0.15) is 0 Å². The summed E-state index contributed by atoms with van der Waals surface area (Å²) >= 11 is 0. The average molecular weight is 322 g/mol. The Kier molecular flexibility index (Phi) is 7.19. The van der Waals surface area contributed by atoms with Crippen molar-refractivity contribution in [3.8, 4) is 0 Å². The summed E-state index contributed by atoms with van der Waals surface area (Å²) in [5, 5.41) is 22.9. The Labute approximate surface area is 136 Å². The van der Waals surface area contributed by atoms with Crippen molar-refractivity contribution in [3.63, 3.8) is 0 Å². The highest BCUT2D eigenvalue weighted by Crippen LogP contribution is 2.22. The zero-order chi connectivity index (χ0) is 17.5. The van der Waals surface area contributed by atoms with E-state index in [0.29, 0.717) is 5.56 Å². The minimum Gasteiger partial charge on any atom is -0.396 e. The lowest BCUT2D eigenvalue weighted by molar-refractivity contribution is -0.121. The van der Waals surface area contributed by atoms with Gasteiger partial charge in [-0.3, -0.25) is 9.59 Å². The zero-order valence-corrected chi connectivity index (χ0v) is 13.9. The number of hydrogen-bond donors (Lipinski definition) is 4. The van der Waals surface area contributed by atoms with Crippen molar-refractivity contribution in [2.24, 2.45) is 0 Å². The Hall–Kier alpha value is -1.92. The molecule has 0 radical (unpaired) electrons. The molecule has 0 aliphatic heterocycles. The number of benzene rings is 1. The van der Waals surface area contributed by atoms with Crippen LogP contribution in [0.1, 0.15) is 43.1 Å². The van der Waals surface area contributed by atoms with Crippen LogP contribution in [0.4, 0.5) is 0 Å². The highest BCUT2D eigenvalue weighted by molar-refractivity contribution is 5.96. The van der Waals surface area contributed by atoms with Gasteiger partial charge in [0, 0.05) is 12.2 Å². The molecule has 0 aliphatic rings. The molecule has 2 amide bonds. The first-order chi connectivity index (χ1) is 10.8. The quantitative estimate of drug-likeness (QED) is 0.590. The summed E-state index contributed by atoms with van der Waals surface area (Å²) in [7, 11) is 0. The van der Waals surface area contributed by atoms with Crippen LogP contribution in [-0.4, -0.2) is 47.8 Å². The van der Waals surface area contributed by atoms with Crippen molar-refractivity contribution in [1.82, 2.24) is 10.6 Å². The second-order valence-corrected chi connectivity index (χ2v) is 6.47. The molecule has 1 aromatic rings. The highest BCUT2D eigenvalue weighted by Gasteiger charge is 2.15. The van der Waals surface area contributed by atoms with E-state index in [9.17, 15) is 9.59 Å². The average Bonchev–Trinajstić information content (AvgIpc) is 2.51. The normalized spacial score (nSPS) is 12.6. The molecule has 0 spiro atoms. The summed E-state index contributed by atoms with van der Waals surface area (Å²) in [6.07, 6.45) is 0.268. The molecule has 1 atom stereocenters. The largest absolute Gasteiger partial charge is 0.396 e. The number of carbonyl (C=O) groups is 2. The summed E-state index contributed by atoms with van der Waals surface area (Å²) in [6, 6.07) is 6.76. The first-order valence-electron chi connectivity index (χ1n) is 7.67. The first kappa shape index (κ1) is 19.1. The summed E-state index contributed by atoms with van der Waals surface area (Å²) < 4.78 is 0. The van der Waals surface area contributed by atoms with Crippen LogP contribution >= 0.6 is 0 Å². The molecule has 0 aromatic heterocycles. The second-order valence-electron chi connectivity index (χ2n) is 6.47. The van der Waals surface area contributed by atoms with E-state index in [-0.39, 0.29) is 37.5 Å². The lowest BCUT2D eigenvalue weighted by Gasteiger charge is -2.19. The summed E-state index contributed by atoms with van der Waals surface area (Å²) in [6.45, 7) is 5.72. The molecule has 1 aromatic carbocycles. The number of nitrogens with one attached hydrogen (secondary N) is 2. The van der Waals surface area contributed by atoms with E-state index < -0.39 is 11.9 Å². The van der Waals surface area contributed by atoms with Crippen LogP contribution in [0, 0.1) is 0 Å². The highest BCUT2D eigenvalue weighted by atomic mass is 16.3. The van der Waals surface area contributed by atoms with E-state index in [4.69, 9.17) is 10.2 Å². The molecular weight excluding hydrogens is 296 g/mol. The standard InChI is InChI=1S/C17H26N2O4/c1-17(2,3)13-6-4-12(5-7-13)16(23)18-10-15(22)19-14(11-21)8-9-20/h4-7,14,20-21H,8-11H2,1-3H3,(H,18,23)(H,19,22)/t14-/m0/s1. The van der Waals surface area contributed by atoms with E-state index in [1.165, 1.54) is 0 Å². The molecule has 23 heavy (non-hydrogen) atoms. The maximum atomic E-state index is 12.0. The number of amides is 2. The fraction of sp³-hybridized carbons (Fsp3) is 0.529. The van der Waals surface area contributed by atoms with Crippen molar-refractivity contribution < 1.29 is 19.8 Å². The van der Waals surface area contributed by atoms with Gasteiger partial charge in [0.15, 0.2) is 0 Å². The van der Waals surface area contributed by atoms with Crippen LogP contribution in [0.2, 0.25) is 0 Å². The number of aliphatic hydroxyl groups is 2. The molecule has 0 saturated heterocycles. The molecule has 0 saturated carbocycles. The fourth-order valence-corrected chi connectivity index (χ4v) is 2.03. The van der Waals surface area contributed by atoms with Gasteiger partial charge in [0.2, 0.25) is 5.91 Å². The minimum atomic E-state index is -0.504. The van der Waals surface area contributed by atoms with Crippen molar-refractivity contribution >= 4 is 11.8 Å². The third kappa shape index (κ3) is 6.38. The summed E-state index contributed by atoms with van der Waals surface area (Å²) in [5.41, 5.74) is 1.63. The first-order valence-corrected chi connectivity index (χ1v) is 7.67. The number of carbonyl (C=O) groups excluding carboxylic acids is 2. The molecule has 0 aliphatic carbocycles. The van der Waals surface area contributed by atoms with Gasteiger partial charge in [-0.2, -0.15) is 0 Å². The molecule has 0 fully saturated rings. The number of hydrogen-bond acceptors (Lipinski definition) is 4. The lowest BCUT2D eigenvalue weighted by atomic mass is 9.87. The van der Waals surface area contributed by atoms with Crippen LogP contribution in [0.15, 0.2) is 24.3 Å². The van der Waals surface area contributed by atoms with Crippen LogP contribution in [0.5, 0.6) is 0 Å². The van der Waals surface area contributed by atoms with Gasteiger partial charge in [-0.05, 0) is 29.5 Å². The molecule has 4 N–H and O–H groups in total. The van der Waals surface area contributed by atoms with Gasteiger partial charge in [-0.25, -0.2) is 0 Å². The maximum Gasteiger partial charge on any atom is 0.251 e. The SMILES string of the molecule is CC(C)(C)c1ccc(C(=O)NCC(=O)N[C@H](CO)CCO)cc1. The van der Waals surface area contributed by atoms with Crippen LogP contribution in [0.25, 0.3) is 0 Å². The summed E-state index contributed by atoms with van der Waals surface area (Å²) in [4.78, 5) is 23.7.